The lowest BCUT2D eigenvalue weighted by atomic mass is 9.82. The van der Waals surface area contributed by atoms with Gasteiger partial charge in [-0.1, -0.05) is 79.8 Å². The van der Waals surface area contributed by atoms with Crippen molar-refractivity contribution in [2.45, 2.75) is 56.8 Å². The van der Waals surface area contributed by atoms with E-state index in [2.05, 4.69) is 25.2 Å². The van der Waals surface area contributed by atoms with Gasteiger partial charge in [-0.25, -0.2) is 0 Å². The van der Waals surface area contributed by atoms with Crippen molar-refractivity contribution in [1.82, 2.24) is 14.0 Å². The highest BCUT2D eigenvalue weighted by Gasteiger charge is 2.66. The summed E-state index contributed by atoms with van der Waals surface area (Å²) in [6.07, 6.45) is 2.57. The number of carbonyl (C=O) groups excluding carboxylic acids is 2. The van der Waals surface area contributed by atoms with Crippen LogP contribution in [-0.2, 0) is 33.0 Å². The number of ether oxygens (including phenoxy) is 4. The zero-order valence-corrected chi connectivity index (χ0v) is 38.5. The number of hydrogen-bond acceptors (Lipinski definition) is 9. The molecule has 1 N–H and O–H groups in total. The zero-order chi connectivity index (χ0) is 46.0. The van der Waals surface area contributed by atoms with Crippen molar-refractivity contribution in [3.05, 3.63) is 171 Å². The number of rotatable bonds is 15. The second kappa shape index (κ2) is 18.4. The first-order valence-electron chi connectivity index (χ1n) is 21.7. The fraction of sp³-hybridized carbons (Fsp3) is 0.294. The second-order valence-electron chi connectivity index (χ2n) is 17.2. The van der Waals surface area contributed by atoms with E-state index in [0.717, 1.165) is 16.3 Å². The van der Waals surface area contributed by atoms with Gasteiger partial charge in [-0.05, 0) is 83.4 Å². The molecule has 0 saturated carbocycles. The van der Waals surface area contributed by atoms with Gasteiger partial charge in [-0.15, -0.1) is 0 Å². The Bertz CT molecular complexity index is 2830. The molecule has 4 atom stereocenters. The van der Waals surface area contributed by atoms with Gasteiger partial charge in [0.1, 0.15) is 5.75 Å². The average Bonchev–Trinajstić information content (AvgIpc) is 3.74. The molecule has 4 heterocycles. The standard InChI is InChI=1S/C51H54N4O9Si/c1-34-47(65(5,6)40-22-20-39(61-2)21-23-40)45(31-46(57)52(27-28-56)32-35-13-8-7-9-14-35)64-51(34)41-30-38(54-26-12-18-44(63-4)49(54)59)19-24-42(41)55(50(51)60)33-36-15-10-16-37(29-36)53-25-11-17-43(62-3)48(53)58/h7-26,29-30,34,45,47,56H,27-28,31-33H2,1-6H3/t34-,45+,47-,51+/m1/s1. The Morgan fingerprint density at radius 2 is 1.38 bits per heavy atom. The maximum absolute atomic E-state index is 15.8. The van der Waals surface area contributed by atoms with E-state index in [-0.39, 0.29) is 66.1 Å². The number of pyridine rings is 2. The van der Waals surface area contributed by atoms with Crippen molar-refractivity contribution in [3.8, 4) is 28.6 Å². The molecule has 1 fully saturated rings. The van der Waals surface area contributed by atoms with Crippen molar-refractivity contribution in [2.24, 2.45) is 5.92 Å². The minimum Gasteiger partial charge on any atom is -0.497 e. The maximum atomic E-state index is 15.8. The quantitative estimate of drug-likeness (QED) is 0.120. The molecule has 1 spiro atoms. The Morgan fingerprint density at radius 3 is 2.00 bits per heavy atom. The zero-order valence-electron chi connectivity index (χ0n) is 37.5. The fourth-order valence-electron chi connectivity index (χ4n) is 9.98. The third-order valence-corrected chi connectivity index (χ3v) is 17.6. The number of benzene rings is 4. The minimum absolute atomic E-state index is 0.0366. The van der Waals surface area contributed by atoms with Gasteiger partial charge in [0, 0.05) is 48.3 Å². The molecule has 6 aromatic rings. The first kappa shape index (κ1) is 44.8. The van der Waals surface area contributed by atoms with Crippen molar-refractivity contribution in [1.29, 1.82) is 0 Å². The molecule has 336 valence electrons. The largest absolute Gasteiger partial charge is 0.497 e. The summed E-state index contributed by atoms with van der Waals surface area (Å²) < 4.78 is 26.6. The van der Waals surface area contributed by atoms with E-state index in [0.29, 0.717) is 34.9 Å². The van der Waals surface area contributed by atoms with E-state index < -0.39 is 25.7 Å². The molecule has 0 bridgehead atoms. The molecule has 2 aliphatic heterocycles. The average molecular weight is 895 g/mol. The fourth-order valence-corrected chi connectivity index (χ4v) is 14.0. The summed E-state index contributed by atoms with van der Waals surface area (Å²) in [5.41, 5.74) is 1.42. The Balaban J connectivity index is 1.27. The molecule has 2 aliphatic rings. The highest BCUT2D eigenvalue weighted by Crippen LogP contribution is 2.60. The summed E-state index contributed by atoms with van der Waals surface area (Å²) in [5, 5.41) is 11.3. The molecule has 13 nitrogen and oxygen atoms in total. The molecule has 1 saturated heterocycles. The van der Waals surface area contributed by atoms with Crippen LogP contribution in [0, 0.1) is 5.92 Å². The molecule has 0 aliphatic carbocycles. The summed E-state index contributed by atoms with van der Waals surface area (Å²) in [5.74, 6) is 0.106. The molecule has 65 heavy (non-hydrogen) atoms. The number of anilines is 1. The highest BCUT2D eigenvalue weighted by molar-refractivity contribution is 6.91. The Labute approximate surface area is 379 Å². The molecule has 2 amide bonds. The van der Waals surface area contributed by atoms with E-state index in [9.17, 15) is 19.5 Å². The first-order chi connectivity index (χ1) is 31.4. The van der Waals surface area contributed by atoms with Crippen LogP contribution in [-0.4, -0.2) is 79.6 Å². The van der Waals surface area contributed by atoms with Crippen molar-refractivity contribution in [3.63, 3.8) is 0 Å². The topological polar surface area (TPSA) is 142 Å². The lowest BCUT2D eigenvalue weighted by Crippen LogP contribution is -2.52. The third kappa shape index (κ3) is 8.17. The van der Waals surface area contributed by atoms with Crippen LogP contribution >= 0.6 is 0 Å². The van der Waals surface area contributed by atoms with Crippen LogP contribution in [0.2, 0.25) is 18.6 Å². The highest BCUT2D eigenvalue weighted by atomic mass is 28.3. The lowest BCUT2D eigenvalue weighted by Gasteiger charge is -2.37. The summed E-state index contributed by atoms with van der Waals surface area (Å²) in [6.45, 7) is 6.88. The second-order valence-corrected chi connectivity index (χ2v) is 21.8. The van der Waals surface area contributed by atoms with Gasteiger partial charge < -0.3 is 33.9 Å². The summed E-state index contributed by atoms with van der Waals surface area (Å²) in [4.78, 5) is 60.8. The first-order valence-corrected chi connectivity index (χ1v) is 24.8. The molecule has 0 radical (unpaired) electrons. The van der Waals surface area contributed by atoms with Crippen LogP contribution in [0.4, 0.5) is 5.69 Å². The number of aliphatic hydroxyl groups is 1. The van der Waals surface area contributed by atoms with Gasteiger partial charge in [0.15, 0.2) is 17.1 Å². The van der Waals surface area contributed by atoms with Gasteiger partial charge >= 0.3 is 0 Å². The molecule has 0 unspecified atom stereocenters. The number of fused-ring (bicyclic) bond motifs is 2. The van der Waals surface area contributed by atoms with Crippen LogP contribution in [0.3, 0.4) is 0 Å². The van der Waals surface area contributed by atoms with E-state index in [1.807, 2.05) is 85.8 Å². The number of amides is 2. The van der Waals surface area contributed by atoms with E-state index >= 15 is 4.79 Å². The molecule has 2 aromatic heterocycles. The van der Waals surface area contributed by atoms with Crippen molar-refractivity contribution < 1.29 is 33.6 Å². The number of methoxy groups -OCH3 is 3. The molecule has 4 aromatic carbocycles. The van der Waals surface area contributed by atoms with E-state index in [4.69, 9.17) is 18.9 Å². The number of aromatic nitrogens is 2. The Kier molecular flexibility index (Phi) is 12.7. The Morgan fingerprint density at radius 1 is 0.754 bits per heavy atom. The number of aliphatic hydroxyl groups excluding tert-OH is 1. The number of hydrogen-bond donors (Lipinski definition) is 1. The van der Waals surface area contributed by atoms with Crippen LogP contribution in [0.5, 0.6) is 17.2 Å². The van der Waals surface area contributed by atoms with Gasteiger partial charge in [-0.3, -0.25) is 28.3 Å². The lowest BCUT2D eigenvalue weighted by molar-refractivity contribution is -0.150. The van der Waals surface area contributed by atoms with E-state index in [1.165, 1.54) is 23.4 Å². The monoisotopic (exact) mass is 894 g/mol. The smallest absolute Gasteiger partial charge is 0.297 e. The normalized spacial score (nSPS) is 19.0. The summed E-state index contributed by atoms with van der Waals surface area (Å²) >= 11 is 0. The Hall–Kier alpha value is -6.74. The predicted molar refractivity (Wildman–Crippen MR) is 252 cm³/mol. The van der Waals surface area contributed by atoms with E-state index in [1.54, 1.807) is 59.6 Å². The number of nitrogens with zero attached hydrogens (tertiary/aromatic N) is 4. The van der Waals surface area contributed by atoms with Crippen LogP contribution in [0.15, 0.2) is 143 Å². The van der Waals surface area contributed by atoms with Crippen LogP contribution in [0.25, 0.3) is 11.4 Å². The molecule has 8 rings (SSSR count). The van der Waals surface area contributed by atoms with Crippen LogP contribution in [0.1, 0.15) is 30.0 Å². The summed E-state index contributed by atoms with van der Waals surface area (Å²) in [7, 11) is 1.84. The molecular formula is C51H54N4O9Si. The third-order valence-electron chi connectivity index (χ3n) is 13.2. The van der Waals surface area contributed by atoms with Gasteiger partial charge in [-0.2, -0.15) is 0 Å². The van der Waals surface area contributed by atoms with Gasteiger partial charge in [0.2, 0.25) is 5.91 Å². The van der Waals surface area contributed by atoms with Crippen LogP contribution < -0.4 is 35.4 Å². The SMILES string of the molecule is COc1ccc([Si](C)(C)[C@H]2[C@H](CC(=O)N(CCO)Cc3ccccc3)O[C@@]3(C(=O)N(Cc4cccc(-n5cccc(OC)c5=O)c4)c4ccc(-n5cccc(OC)c5=O)cc43)[C@@H]2C)cc1. The number of carbonyl (C=O) groups is 2. The predicted octanol–water partition coefficient (Wildman–Crippen LogP) is 6.19. The van der Waals surface area contributed by atoms with Gasteiger partial charge in [0.05, 0.1) is 60.8 Å². The van der Waals surface area contributed by atoms with Crippen molar-refractivity contribution in [2.75, 3.05) is 39.4 Å². The maximum Gasteiger partial charge on any atom is 0.297 e. The minimum atomic E-state index is -2.69. The van der Waals surface area contributed by atoms with Gasteiger partial charge in [0.25, 0.3) is 17.0 Å². The summed E-state index contributed by atoms with van der Waals surface area (Å²) in [6, 6.07) is 37.3. The molecule has 14 heteroatoms. The van der Waals surface area contributed by atoms with Crippen molar-refractivity contribution >= 4 is 30.8 Å². The molecular weight excluding hydrogens is 841 g/mol.